The second kappa shape index (κ2) is 6.58. The standard InChI is InChI=1S/C15H24N2S/c1-13(14-6-10-16-11-7-14)17-12-15(18-2)8-4-3-5-9-15/h6-7,10-11,13,17H,3-5,8-9,12H2,1-2H3. The minimum absolute atomic E-state index is 0.416. The van der Waals surface area contributed by atoms with Crippen molar-refractivity contribution in [2.24, 2.45) is 0 Å². The third-order valence-corrected chi connectivity index (χ3v) is 5.55. The maximum atomic E-state index is 4.08. The summed E-state index contributed by atoms with van der Waals surface area (Å²) in [4.78, 5) is 4.08. The molecule has 1 aromatic heterocycles. The molecule has 18 heavy (non-hydrogen) atoms. The van der Waals surface area contributed by atoms with E-state index in [0.29, 0.717) is 10.8 Å². The van der Waals surface area contributed by atoms with Crippen molar-refractivity contribution < 1.29 is 0 Å². The van der Waals surface area contributed by atoms with Crippen LogP contribution in [0.15, 0.2) is 24.5 Å². The molecule has 0 saturated heterocycles. The Morgan fingerprint density at radius 1 is 1.28 bits per heavy atom. The molecule has 1 aromatic rings. The molecule has 1 unspecified atom stereocenters. The van der Waals surface area contributed by atoms with E-state index in [2.05, 4.69) is 47.4 Å². The van der Waals surface area contributed by atoms with E-state index < -0.39 is 0 Å². The van der Waals surface area contributed by atoms with Gasteiger partial charge in [-0.1, -0.05) is 19.3 Å². The summed E-state index contributed by atoms with van der Waals surface area (Å²) in [6, 6.07) is 4.62. The van der Waals surface area contributed by atoms with E-state index in [1.54, 1.807) is 0 Å². The molecule has 2 rings (SSSR count). The van der Waals surface area contributed by atoms with E-state index >= 15 is 0 Å². The summed E-state index contributed by atoms with van der Waals surface area (Å²) >= 11 is 2.06. The van der Waals surface area contributed by atoms with Gasteiger partial charge in [-0.15, -0.1) is 0 Å². The molecule has 0 spiro atoms. The highest BCUT2D eigenvalue weighted by Gasteiger charge is 2.31. The van der Waals surface area contributed by atoms with Gasteiger partial charge in [0.25, 0.3) is 0 Å². The zero-order chi connectivity index (χ0) is 12.8. The highest BCUT2D eigenvalue weighted by atomic mass is 32.2. The van der Waals surface area contributed by atoms with Gasteiger partial charge in [0, 0.05) is 29.7 Å². The maximum absolute atomic E-state index is 4.08. The first kappa shape index (κ1) is 13.9. The van der Waals surface area contributed by atoms with Crippen molar-refractivity contribution in [1.29, 1.82) is 0 Å². The fourth-order valence-corrected chi connectivity index (χ4v) is 3.68. The van der Waals surface area contributed by atoms with E-state index in [9.17, 15) is 0 Å². The molecule has 1 atom stereocenters. The van der Waals surface area contributed by atoms with Crippen molar-refractivity contribution in [3.05, 3.63) is 30.1 Å². The van der Waals surface area contributed by atoms with Gasteiger partial charge in [0.2, 0.25) is 0 Å². The number of hydrogen-bond donors (Lipinski definition) is 1. The Labute approximate surface area is 115 Å². The lowest BCUT2D eigenvalue weighted by Gasteiger charge is -2.37. The van der Waals surface area contributed by atoms with Crippen LogP contribution in [0.2, 0.25) is 0 Å². The van der Waals surface area contributed by atoms with Crippen molar-refractivity contribution in [3.63, 3.8) is 0 Å². The highest BCUT2D eigenvalue weighted by Crippen LogP contribution is 2.38. The molecular weight excluding hydrogens is 240 g/mol. The van der Waals surface area contributed by atoms with Crippen LogP contribution in [0.25, 0.3) is 0 Å². The lowest BCUT2D eigenvalue weighted by Crippen LogP contribution is -2.40. The summed E-state index contributed by atoms with van der Waals surface area (Å²) in [6.07, 6.45) is 13.0. The molecule has 1 saturated carbocycles. The molecule has 1 aliphatic rings. The molecule has 0 bridgehead atoms. The molecule has 1 fully saturated rings. The van der Waals surface area contributed by atoms with Gasteiger partial charge in [-0.2, -0.15) is 11.8 Å². The number of pyridine rings is 1. The fraction of sp³-hybridized carbons (Fsp3) is 0.667. The van der Waals surface area contributed by atoms with E-state index in [-0.39, 0.29) is 0 Å². The largest absolute Gasteiger partial charge is 0.309 e. The summed E-state index contributed by atoms with van der Waals surface area (Å²) in [5.74, 6) is 0. The topological polar surface area (TPSA) is 24.9 Å². The number of nitrogens with one attached hydrogen (secondary N) is 1. The van der Waals surface area contributed by atoms with Crippen LogP contribution in [0.3, 0.4) is 0 Å². The number of hydrogen-bond acceptors (Lipinski definition) is 3. The lowest BCUT2D eigenvalue weighted by atomic mass is 9.88. The first-order valence-corrected chi connectivity index (χ1v) is 8.17. The zero-order valence-electron chi connectivity index (χ0n) is 11.5. The molecule has 100 valence electrons. The van der Waals surface area contributed by atoms with Crippen LogP contribution >= 0.6 is 11.8 Å². The van der Waals surface area contributed by atoms with Gasteiger partial charge >= 0.3 is 0 Å². The Kier molecular flexibility index (Phi) is 5.07. The molecule has 0 aromatic carbocycles. The van der Waals surface area contributed by atoms with Gasteiger partial charge in [0.1, 0.15) is 0 Å². The Hall–Kier alpha value is -0.540. The quantitative estimate of drug-likeness (QED) is 0.875. The van der Waals surface area contributed by atoms with Gasteiger partial charge in [-0.25, -0.2) is 0 Å². The summed E-state index contributed by atoms with van der Waals surface area (Å²) in [5.41, 5.74) is 1.33. The highest BCUT2D eigenvalue weighted by molar-refractivity contribution is 8.00. The molecule has 1 aliphatic carbocycles. The van der Waals surface area contributed by atoms with Crippen LogP contribution in [0, 0.1) is 0 Å². The average molecular weight is 264 g/mol. The zero-order valence-corrected chi connectivity index (χ0v) is 12.3. The van der Waals surface area contributed by atoms with Gasteiger partial charge < -0.3 is 5.32 Å². The minimum atomic E-state index is 0.416. The van der Waals surface area contributed by atoms with Crippen molar-refractivity contribution in [1.82, 2.24) is 10.3 Å². The number of thioether (sulfide) groups is 1. The van der Waals surface area contributed by atoms with Gasteiger partial charge in [0.05, 0.1) is 0 Å². The van der Waals surface area contributed by atoms with Crippen LogP contribution in [-0.2, 0) is 0 Å². The normalized spacial score (nSPS) is 20.6. The Morgan fingerprint density at radius 2 is 1.94 bits per heavy atom. The Balaban J connectivity index is 1.90. The maximum Gasteiger partial charge on any atom is 0.0293 e. The first-order valence-electron chi connectivity index (χ1n) is 6.94. The van der Waals surface area contributed by atoms with Crippen molar-refractivity contribution in [2.75, 3.05) is 12.8 Å². The molecular formula is C15H24N2S. The second-order valence-corrected chi connectivity index (χ2v) is 6.61. The monoisotopic (exact) mass is 264 g/mol. The predicted molar refractivity (Wildman–Crippen MR) is 80.0 cm³/mol. The molecule has 0 amide bonds. The van der Waals surface area contributed by atoms with Crippen molar-refractivity contribution >= 4 is 11.8 Å². The summed E-state index contributed by atoms with van der Waals surface area (Å²) in [6.45, 7) is 3.36. The minimum Gasteiger partial charge on any atom is -0.309 e. The molecule has 3 heteroatoms. The van der Waals surface area contributed by atoms with Crippen LogP contribution in [0.5, 0.6) is 0 Å². The fourth-order valence-electron chi connectivity index (χ4n) is 2.76. The number of aromatic nitrogens is 1. The van der Waals surface area contributed by atoms with Crippen LogP contribution < -0.4 is 5.32 Å². The lowest BCUT2D eigenvalue weighted by molar-refractivity contribution is 0.367. The molecule has 1 heterocycles. The number of nitrogens with zero attached hydrogens (tertiary/aromatic N) is 1. The van der Waals surface area contributed by atoms with E-state index in [0.717, 1.165) is 6.54 Å². The van der Waals surface area contributed by atoms with Gasteiger partial charge in [-0.3, -0.25) is 4.98 Å². The molecule has 1 N–H and O–H groups in total. The van der Waals surface area contributed by atoms with Crippen molar-refractivity contribution in [3.8, 4) is 0 Å². The van der Waals surface area contributed by atoms with Gasteiger partial charge in [0.15, 0.2) is 0 Å². The Bertz CT molecular complexity index is 347. The molecule has 2 nitrogen and oxygen atoms in total. The van der Waals surface area contributed by atoms with E-state index in [1.807, 2.05) is 12.4 Å². The Morgan fingerprint density at radius 3 is 2.56 bits per heavy atom. The van der Waals surface area contributed by atoms with E-state index in [4.69, 9.17) is 0 Å². The van der Waals surface area contributed by atoms with Crippen molar-refractivity contribution in [2.45, 2.75) is 49.8 Å². The third kappa shape index (κ3) is 3.48. The summed E-state index contributed by atoms with van der Waals surface area (Å²) in [5, 5.41) is 3.71. The predicted octanol–water partition coefficient (Wildman–Crippen LogP) is 3.80. The van der Waals surface area contributed by atoms with Crippen LogP contribution in [0.1, 0.15) is 50.6 Å². The van der Waals surface area contributed by atoms with Crippen LogP contribution in [-0.4, -0.2) is 22.5 Å². The first-order chi connectivity index (χ1) is 8.76. The van der Waals surface area contributed by atoms with Gasteiger partial charge in [-0.05, 0) is 43.7 Å². The third-order valence-electron chi connectivity index (χ3n) is 4.13. The SMILES string of the molecule is CSC1(CNC(C)c2ccncc2)CCCCC1. The second-order valence-electron chi connectivity index (χ2n) is 5.33. The number of rotatable bonds is 5. The summed E-state index contributed by atoms with van der Waals surface area (Å²) < 4.78 is 0.472. The summed E-state index contributed by atoms with van der Waals surface area (Å²) in [7, 11) is 0. The average Bonchev–Trinajstić information content (AvgIpc) is 2.47. The molecule has 0 radical (unpaired) electrons. The van der Waals surface area contributed by atoms with E-state index in [1.165, 1.54) is 37.7 Å². The smallest absolute Gasteiger partial charge is 0.0293 e. The van der Waals surface area contributed by atoms with Crippen LogP contribution in [0.4, 0.5) is 0 Å². The molecule has 0 aliphatic heterocycles.